The lowest BCUT2D eigenvalue weighted by Crippen LogP contribution is -1.67. The van der Waals surface area contributed by atoms with E-state index in [1.807, 2.05) is 0 Å². The molecule has 0 spiro atoms. The van der Waals surface area contributed by atoms with E-state index < -0.39 is 0 Å². The van der Waals surface area contributed by atoms with Crippen molar-refractivity contribution in [3.05, 3.63) is 6.42 Å². The van der Waals surface area contributed by atoms with E-state index in [9.17, 15) is 0 Å². The largest absolute Gasteiger partial charge is 0.0928 e. The smallest absolute Gasteiger partial charge is 0.0107 e. The van der Waals surface area contributed by atoms with Gasteiger partial charge in [0.1, 0.15) is 0 Å². The van der Waals surface area contributed by atoms with Crippen molar-refractivity contribution in [1.82, 2.24) is 0 Å². The van der Waals surface area contributed by atoms with Crippen molar-refractivity contribution in [3.8, 4) is 5.92 Å². The molecule has 0 atom stereocenters. The predicted molar refractivity (Wildman–Crippen MR) is 30.2 cm³/mol. The van der Waals surface area contributed by atoms with E-state index in [4.69, 9.17) is 6.42 Å². The van der Waals surface area contributed by atoms with Crippen LogP contribution in [0.1, 0.15) is 12.8 Å². The van der Waals surface area contributed by atoms with Crippen LogP contribution in [0.2, 0.25) is 0 Å². The molecule has 0 aromatic heterocycles. The highest BCUT2D eigenvalue weighted by molar-refractivity contribution is 9.09. The lowest BCUT2D eigenvalue weighted by atomic mass is 10.4. The quantitative estimate of drug-likeness (QED) is 0.316. The number of alkyl halides is 1. The van der Waals surface area contributed by atoms with Crippen molar-refractivity contribution in [2.24, 2.45) is 0 Å². The van der Waals surface area contributed by atoms with E-state index in [2.05, 4.69) is 21.9 Å². The fourth-order valence-electron chi connectivity index (χ4n) is 0.155. The Labute approximate surface area is 47.1 Å². The highest BCUT2D eigenvalue weighted by atomic mass is 79.9. The van der Waals surface area contributed by atoms with Crippen LogP contribution in [0.4, 0.5) is 0 Å². The lowest BCUT2D eigenvalue weighted by Gasteiger charge is -1.77. The second kappa shape index (κ2) is 5.04. The molecule has 0 N–H and O–H groups in total. The van der Waals surface area contributed by atoms with Crippen LogP contribution in [0.3, 0.4) is 0 Å². The van der Waals surface area contributed by atoms with Gasteiger partial charge in [0.15, 0.2) is 0 Å². The van der Waals surface area contributed by atoms with Crippen molar-refractivity contribution in [3.63, 3.8) is 0 Å². The van der Waals surface area contributed by atoms with Crippen molar-refractivity contribution in [2.75, 3.05) is 5.33 Å². The first-order valence-corrected chi connectivity index (χ1v) is 2.99. The van der Waals surface area contributed by atoms with Gasteiger partial charge in [-0.1, -0.05) is 21.9 Å². The van der Waals surface area contributed by atoms with Crippen LogP contribution in [-0.2, 0) is 0 Å². The van der Waals surface area contributed by atoms with Gasteiger partial charge in [-0.3, -0.25) is 0 Å². The Kier molecular flexibility index (Phi) is 5.07. The maximum absolute atomic E-state index is 6.44. The van der Waals surface area contributed by atoms with Crippen LogP contribution < -0.4 is 0 Å². The molecule has 0 heterocycles. The molecule has 0 bridgehead atoms. The second-order valence-corrected chi connectivity index (χ2v) is 1.76. The SMILES string of the molecule is [C]#CCCCBr. The van der Waals surface area contributed by atoms with E-state index in [1.165, 1.54) is 0 Å². The normalized spacial score (nSPS) is 7.33. The third kappa shape index (κ3) is 4.04. The van der Waals surface area contributed by atoms with Gasteiger partial charge in [-0.2, -0.15) is 0 Å². The van der Waals surface area contributed by atoms with Crippen LogP contribution in [0.15, 0.2) is 0 Å². The molecule has 0 saturated heterocycles. The molecule has 0 aliphatic rings. The third-order valence-corrected chi connectivity index (χ3v) is 0.996. The molecular formula is C5H6Br. The Morgan fingerprint density at radius 3 is 2.50 bits per heavy atom. The maximum atomic E-state index is 6.44. The molecule has 0 aliphatic heterocycles. The Morgan fingerprint density at radius 1 is 1.67 bits per heavy atom. The van der Waals surface area contributed by atoms with Crippen LogP contribution in [-0.4, -0.2) is 5.33 Å². The van der Waals surface area contributed by atoms with Gasteiger partial charge >= 0.3 is 0 Å². The monoisotopic (exact) mass is 145 g/mol. The number of unbranched alkanes of at least 4 members (excludes halogenated alkanes) is 1. The number of hydrogen-bond donors (Lipinski definition) is 0. The number of rotatable bonds is 2. The van der Waals surface area contributed by atoms with Gasteiger partial charge < -0.3 is 0 Å². The molecule has 0 aliphatic carbocycles. The third-order valence-electron chi connectivity index (χ3n) is 0.435. The Morgan fingerprint density at radius 2 is 2.33 bits per heavy atom. The van der Waals surface area contributed by atoms with Gasteiger partial charge in [-0.15, -0.1) is 0 Å². The minimum absolute atomic E-state index is 0.783. The minimum Gasteiger partial charge on any atom is -0.0928 e. The lowest BCUT2D eigenvalue weighted by molar-refractivity contribution is 1.00. The molecule has 0 unspecified atom stereocenters. The Bertz CT molecular complexity index is 51.4. The highest BCUT2D eigenvalue weighted by Crippen LogP contribution is 1.89. The average Bonchev–Trinajstić information content (AvgIpc) is 1.61. The molecule has 0 saturated carbocycles. The molecule has 0 nitrogen and oxygen atoms in total. The summed E-state index contributed by atoms with van der Waals surface area (Å²) in [5, 5.41) is 0.985. The molecule has 1 radical (unpaired) electrons. The van der Waals surface area contributed by atoms with Crippen molar-refractivity contribution >= 4 is 15.9 Å². The van der Waals surface area contributed by atoms with Crippen LogP contribution in [0.5, 0.6) is 0 Å². The van der Waals surface area contributed by atoms with Crippen molar-refractivity contribution in [2.45, 2.75) is 12.8 Å². The first kappa shape index (κ1) is 6.04. The maximum Gasteiger partial charge on any atom is 0.0107 e. The zero-order chi connectivity index (χ0) is 4.83. The summed E-state index contributed by atoms with van der Waals surface area (Å²) in [6.45, 7) is 0. The zero-order valence-corrected chi connectivity index (χ0v) is 5.09. The Hall–Kier alpha value is 0.0400. The van der Waals surface area contributed by atoms with E-state index in [1.54, 1.807) is 0 Å². The Balaban J connectivity index is 2.54. The van der Waals surface area contributed by atoms with Gasteiger partial charge in [0.2, 0.25) is 0 Å². The summed E-state index contributed by atoms with van der Waals surface area (Å²) < 4.78 is 0. The second-order valence-electron chi connectivity index (χ2n) is 0.969. The van der Waals surface area contributed by atoms with Gasteiger partial charge in [-0.05, 0) is 12.8 Å². The summed E-state index contributed by atoms with van der Waals surface area (Å²) in [4.78, 5) is 0. The molecular weight excluding hydrogens is 140 g/mol. The van der Waals surface area contributed by atoms with E-state index in [-0.39, 0.29) is 0 Å². The van der Waals surface area contributed by atoms with Crippen molar-refractivity contribution in [1.29, 1.82) is 0 Å². The molecule has 0 aromatic carbocycles. The van der Waals surface area contributed by atoms with Gasteiger partial charge in [-0.25, -0.2) is 0 Å². The van der Waals surface area contributed by atoms with Gasteiger partial charge in [0.05, 0.1) is 0 Å². The number of halogens is 1. The predicted octanol–water partition coefficient (Wildman–Crippen LogP) is 1.75. The number of hydrogen-bond acceptors (Lipinski definition) is 0. The van der Waals surface area contributed by atoms with E-state index >= 15 is 0 Å². The average molecular weight is 146 g/mol. The highest BCUT2D eigenvalue weighted by Gasteiger charge is 1.73. The van der Waals surface area contributed by atoms with E-state index in [0.717, 1.165) is 18.2 Å². The summed E-state index contributed by atoms with van der Waals surface area (Å²) in [5.41, 5.74) is 0. The summed E-state index contributed by atoms with van der Waals surface area (Å²) in [7, 11) is 0. The fourth-order valence-corrected chi connectivity index (χ4v) is 0.436. The van der Waals surface area contributed by atoms with Crippen molar-refractivity contribution < 1.29 is 0 Å². The van der Waals surface area contributed by atoms with Crippen LogP contribution in [0, 0.1) is 12.3 Å². The molecule has 1 heteroatoms. The summed E-state index contributed by atoms with van der Waals surface area (Å²) in [6.07, 6.45) is 8.25. The standard InChI is InChI=1S/C5H6Br/c1-2-3-4-5-6/h3-5H2. The van der Waals surface area contributed by atoms with E-state index in [0.29, 0.717) is 0 Å². The fraction of sp³-hybridized carbons (Fsp3) is 0.600. The first-order valence-electron chi connectivity index (χ1n) is 1.87. The molecule has 6 heavy (non-hydrogen) atoms. The first-order chi connectivity index (χ1) is 2.91. The topological polar surface area (TPSA) is 0 Å². The van der Waals surface area contributed by atoms with Crippen LogP contribution in [0.25, 0.3) is 0 Å². The van der Waals surface area contributed by atoms with Crippen LogP contribution >= 0.6 is 15.9 Å². The molecule has 0 fully saturated rings. The molecule has 0 rings (SSSR count). The summed E-state index contributed by atoms with van der Waals surface area (Å²) >= 11 is 3.23. The minimum atomic E-state index is 0.783. The van der Waals surface area contributed by atoms with Gasteiger partial charge in [0, 0.05) is 11.8 Å². The zero-order valence-electron chi connectivity index (χ0n) is 3.50. The summed E-state index contributed by atoms with van der Waals surface area (Å²) in [5.74, 6) is 2.29. The van der Waals surface area contributed by atoms with Gasteiger partial charge in [0.25, 0.3) is 0 Å². The summed E-state index contributed by atoms with van der Waals surface area (Å²) in [6, 6.07) is 0. The molecule has 33 valence electrons. The molecule has 0 aromatic rings. The molecule has 0 amide bonds.